The minimum Gasteiger partial charge on any atom is -0.481 e. The number of carbonyl (C=O) groups is 1. The summed E-state index contributed by atoms with van der Waals surface area (Å²) < 4.78 is 2.32. The van der Waals surface area contributed by atoms with E-state index in [9.17, 15) is 10.1 Å². The molecule has 7 nitrogen and oxygen atoms in total. The molecule has 2 heterocycles. The predicted octanol–water partition coefficient (Wildman–Crippen LogP) is 5.23. The summed E-state index contributed by atoms with van der Waals surface area (Å²) in [6.45, 7) is 0.258. The largest absolute Gasteiger partial charge is 0.481 e. The van der Waals surface area contributed by atoms with E-state index in [2.05, 4.69) is 39.1 Å². The number of aliphatic imine (C=N–C) groups is 1. The van der Waals surface area contributed by atoms with Gasteiger partial charge in [-0.2, -0.15) is 5.26 Å². The van der Waals surface area contributed by atoms with E-state index in [0.29, 0.717) is 23.7 Å². The van der Waals surface area contributed by atoms with Gasteiger partial charge < -0.3 is 15.0 Å². The third kappa shape index (κ3) is 3.62. The molecule has 2 aliphatic rings. The van der Waals surface area contributed by atoms with Gasteiger partial charge in [-0.25, -0.2) is 4.98 Å². The number of fused-ring (bicyclic) bond motifs is 2. The molecule has 1 saturated carbocycles. The summed E-state index contributed by atoms with van der Waals surface area (Å²) in [4.78, 5) is 20.2. The number of anilines is 1. The second-order valence-corrected chi connectivity index (χ2v) is 8.52. The zero-order valence-corrected chi connectivity index (χ0v) is 17.8. The van der Waals surface area contributed by atoms with Gasteiger partial charge >= 0.3 is 5.97 Å². The van der Waals surface area contributed by atoms with E-state index in [4.69, 9.17) is 10.1 Å². The first-order valence-electron chi connectivity index (χ1n) is 11.2. The van der Waals surface area contributed by atoms with Crippen molar-refractivity contribution in [1.29, 1.82) is 5.26 Å². The lowest BCUT2D eigenvalue weighted by molar-refractivity contribution is -0.136. The normalized spacial score (nSPS) is 15.6. The van der Waals surface area contributed by atoms with Gasteiger partial charge in [0.05, 0.1) is 40.7 Å². The van der Waals surface area contributed by atoms with E-state index < -0.39 is 5.97 Å². The number of rotatable bonds is 6. The Morgan fingerprint density at radius 3 is 2.88 bits per heavy atom. The van der Waals surface area contributed by atoms with Crippen LogP contribution in [-0.4, -0.2) is 33.4 Å². The van der Waals surface area contributed by atoms with Gasteiger partial charge in [0.25, 0.3) is 0 Å². The summed E-state index contributed by atoms with van der Waals surface area (Å²) in [7, 11) is 0. The summed E-state index contributed by atoms with van der Waals surface area (Å²) in [6.07, 6.45) is 10.6. The highest BCUT2D eigenvalue weighted by Gasteiger charge is 2.22. The Hall–Kier alpha value is -3.66. The topological polar surface area (TPSA) is 103 Å². The van der Waals surface area contributed by atoms with Crippen molar-refractivity contribution in [2.45, 2.75) is 51.0 Å². The van der Waals surface area contributed by atoms with Crippen molar-refractivity contribution in [1.82, 2.24) is 9.55 Å². The molecule has 0 saturated heterocycles. The number of hydrogen-bond donors (Lipinski definition) is 2. The number of carboxylic acid groups (broad SMARTS) is 1. The van der Waals surface area contributed by atoms with Gasteiger partial charge in [-0.1, -0.05) is 25.3 Å². The number of imidazole rings is 1. The van der Waals surface area contributed by atoms with Gasteiger partial charge in [0.15, 0.2) is 0 Å². The maximum atomic E-state index is 10.9. The third-order valence-electron chi connectivity index (χ3n) is 6.54. The lowest BCUT2D eigenvalue weighted by atomic mass is 9.94. The van der Waals surface area contributed by atoms with Crippen LogP contribution in [0.2, 0.25) is 0 Å². The van der Waals surface area contributed by atoms with Crippen molar-refractivity contribution >= 4 is 34.6 Å². The average molecular weight is 428 g/mol. The average Bonchev–Trinajstić information content (AvgIpc) is 3.46. The highest BCUT2D eigenvalue weighted by Crippen LogP contribution is 2.42. The van der Waals surface area contributed by atoms with Crippen LogP contribution >= 0.6 is 0 Å². The van der Waals surface area contributed by atoms with Crippen molar-refractivity contribution in [2.75, 3.05) is 11.9 Å². The van der Waals surface area contributed by atoms with E-state index in [-0.39, 0.29) is 13.0 Å². The predicted molar refractivity (Wildman–Crippen MR) is 125 cm³/mol. The first kappa shape index (κ1) is 20.3. The van der Waals surface area contributed by atoms with E-state index in [1.807, 2.05) is 18.6 Å². The quantitative estimate of drug-likeness (QED) is 0.561. The first-order valence-corrected chi connectivity index (χ1v) is 11.2. The second-order valence-electron chi connectivity index (χ2n) is 8.52. The Kier molecular flexibility index (Phi) is 5.36. The van der Waals surface area contributed by atoms with Crippen molar-refractivity contribution in [3.05, 3.63) is 41.7 Å². The van der Waals surface area contributed by atoms with Gasteiger partial charge in [-0.3, -0.25) is 9.79 Å². The summed E-state index contributed by atoms with van der Waals surface area (Å²) in [5, 5.41) is 21.9. The minimum absolute atomic E-state index is 0.0155. The van der Waals surface area contributed by atoms with Crippen LogP contribution in [0, 0.1) is 11.3 Å². The van der Waals surface area contributed by atoms with Crippen LogP contribution in [-0.2, 0) is 11.2 Å². The third-order valence-corrected chi connectivity index (χ3v) is 6.54. The van der Waals surface area contributed by atoms with Crippen LogP contribution < -0.4 is 5.32 Å². The number of nitrogens with zero attached hydrogens (tertiary/aromatic N) is 4. The molecule has 0 atom stereocenters. The summed E-state index contributed by atoms with van der Waals surface area (Å²) in [5.74, 6) is -0.875. The van der Waals surface area contributed by atoms with Gasteiger partial charge in [0.1, 0.15) is 6.07 Å². The second kappa shape index (κ2) is 8.46. The molecule has 1 fully saturated rings. The molecular weight excluding hydrogens is 402 g/mol. The van der Waals surface area contributed by atoms with Gasteiger partial charge in [0, 0.05) is 36.3 Å². The Morgan fingerprint density at radius 1 is 1.25 bits per heavy atom. The summed E-state index contributed by atoms with van der Waals surface area (Å²) in [6, 6.07) is 11.0. The molecule has 0 spiro atoms. The minimum atomic E-state index is -0.875. The molecule has 32 heavy (non-hydrogen) atoms. The lowest BCUT2D eigenvalue weighted by Gasteiger charge is -2.23. The number of benzene rings is 2. The lowest BCUT2D eigenvalue weighted by Crippen LogP contribution is -2.11. The fraction of sp³-hybridized carbons (Fsp3) is 0.360. The molecule has 0 bridgehead atoms. The molecule has 3 aromatic rings. The molecule has 2 N–H and O–H groups in total. The summed E-state index contributed by atoms with van der Waals surface area (Å²) >= 11 is 0. The molecule has 0 radical (unpaired) electrons. The molecule has 0 amide bonds. The Bertz CT molecular complexity index is 1260. The first-order chi connectivity index (χ1) is 15.7. The van der Waals surface area contributed by atoms with Crippen LogP contribution in [0.15, 0.2) is 35.6 Å². The number of carboxylic acids is 1. The number of nitrogens with one attached hydrogen (secondary N) is 1. The molecule has 162 valence electrons. The molecule has 1 aliphatic carbocycles. The van der Waals surface area contributed by atoms with Crippen LogP contribution in [0.1, 0.15) is 55.7 Å². The zero-order valence-electron chi connectivity index (χ0n) is 17.8. The fourth-order valence-electron chi connectivity index (χ4n) is 4.94. The molecule has 0 unspecified atom stereocenters. The van der Waals surface area contributed by atoms with Crippen LogP contribution in [0.25, 0.3) is 22.2 Å². The van der Waals surface area contributed by atoms with E-state index in [0.717, 1.165) is 33.4 Å². The number of aliphatic carboxylic acids is 1. The van der Waals surface area contributed by atoms with Crippen LogP contribution in [0.5, 0.6) is 0 Å². The monoisotopic (exact) mass is 427 g/mol. The molecular formula is C25H25N5O2. The van der Waals surface area contributed by atoms with Crippen molar-refractivity contribution in [3.8, 4) is 17.2 Å². The van der Waals surface area contributed by atoms with Gasteiger partial charge in [-0.05, 0) is 36.6 Å². The van der Waals surface area contributed by atoms with Gasteiger partial charge in [-0.15, -0.1) is 0 Å². The molecule has 5 rings (SSSR count). The SMILES string of the molecule is N#Cc1c(NCCC(=O)O)cc(-c2ccc3c(c2)ncn3C2CCCCC2)c2c1CC=N2. The Morgan fingerprint density at radius 2 is 2.09 bits per heavy atom. The maximum absolute atomic E-state index is 10.9. The maximum Gasteiger partial charge on any atom is 0.305 e. The highest BCUT2D eigenvalue weighted by molar-refractivity contribution is 5.94. The van der Waals surface area contributed by atoms with Crippen molar-refractivity contribution < 1.29 is 9.90 Å². The van der Waals surface area contributed by atoms with Crippen LogP contribution in [0.4, 0.5) is 11.4 Å². The van der Waals surface area contributed by atoms with Crippen molar-refractivity contribution in [3.63, 3.8) is 0 Å². The molecule has 2 aromatic carbocycles. The van der Waals surface area contributed by atoms with Gasteiger partial charge in [0.2, 0.25) is 0 Å². The van der Waals surface area contributed by atoms with Crippen molar-refractivity contribution in [2.24, 2.45) is 4.99 Å². The molecule has 1 aromatic heterocycles. The smallest absolute Gasteiger partial charge is 0.305 e. The molecule has 7 heteroatoms. The van der Waals surface area contributed by atoms with E-state index in [1.54, 1.807) is 0 Å². The van der Waals surface area contributed by atoms with E-state index >= 15 is 0 Å². The summed E-state index contributed by atoms with van der Waals surface area (Å²) in [5.41, 5.74) is 6.91. The highest BCUT2D eigenvalue weighted by atomic mass is 16.4. The number of nitriles is 1. The standard InChI is InChI=1S/C25H25N5O2/c26-14-20-18-8-10-28-25(18)19(13-21(20)27-11-9-24(31)32)16-6-7-23-22(12-16)29-15-30(23)17-4-2-1-3-5-17/h6-7,10,12-13,15,17,27H,1-5,8-9,11H2,(H,31,32). The Labute approximate surface area is 186 Å². The zero-order chi connectivity index (χ0) is 22.1. The Balaban J connectivity index is 1.55. The fourth-order valence-corrected chi connectivity index (χ4v) is 4.94. The van der Waals surface area contributed by atoms with E-state index in [1.165, 1.54) is 32.1 Å². The molecule has 1 aliphatic heterocycles. The number of aromatic nitrogens is 2. The van der Waals surface area contributed by atoms with Crippen LogP contribution in [0.3, 0.4) is 0 Å². The number of hydrogen-bond acceptors (Lipinski definition) is 5.